The maximum atomic E-state index is 5.25. The smallest absolute Gasteiger partial charge is 0.203 e. The van der Waals surface area contributed by atoms with Crippen molar-refractivity contribution in [2.75, 3.05) is 27.9 Å². The highest BCUT2D eigenvalue weighted by Crippen LogP contribution is 2.38. The summed E-state index contributed by atoms with van der Waals surface area (Å²) in [5.41, 5.74) is 3.83. The van der Waals surface area contributed by atoms with Crippen LogP contribution in [0.4, 0.5) is 0 Å². The average Bonchev–Trinajstić information content (AvgIpc) is 2.37. The Hall–Kier alpha value is -1.46. The van der Waals surface area contributed by atoms with Gasteiger partial charge in [-0.1, -0.05) is 0 Å². The number of hydrogen-bond donors (Lipinski definition) is 1. The summed E-state index contributed by atoms with van der Waals surface area (Å²) < 4.78 is 15.7. The van der Waals surface area contributed by atoms with E-state index in [2.05, 4.69) is 5.48 Å². The fraction of sp³-hybridized carbons (Fsp3) is 0.500. The van der Waals surface area contributed by atoms with Crippen molar-refractivity contribution in [2.45, 2.75) is 13.5 Å². The van der Waals surface area contributed by atoms with E-state index < -0.39 is 0 Å². The van der Waals surface area contributed by atoms with Crippen LogP contribution < -0.4 is 19.7 Å². The minimum Gasteiger partial charge on any atom is -0.493 e. The van der Waals surface area contributed by atoms with Crippen molar-refractivity contribution in [1.29, 1.82) is 0 Å². The molecule has 0 fully saturated rings. The van der Waals surface area contributed by atoms with Crippen LogP contribution in [0.15, 0.2) is 12.1 Å². The van der Waals surface area contributed by atoms with Crippen LogP contribution in [0.2, 0.25) is 0 Å². The first-order chi connectivity index (χ1) is 8.26. The van der Waals surface area contributed by atoms with Gasteiger partial charge >= 0.3 is 0 Å². The summed E-state index contributed by atoms with van der Waals surface area (Å²) in [7, 11) is 4.77. The topological polar surface area (TPSA) is 49.0 Å². The molecule has 0 radical (unpaired) electrons. The summed E-state index contributed by atoms with van der Waals surface area (Å²) in [5.74, 6) is 1.87. The van der Waals surface area contributed by atoms with Gasteiger partial charge in [0.05, 0.1) is 27.9 Å². The van der Waals surface area contributed by atoms with Crippen LogP contribution in [0, 0.1) is 0 Å². The first-order valence-corrected chi connectivity index (χ1v) is 5.40. The third-order valence-corrected chi connectivity index (χ3v) is 2.25. The number of methoxy groups -OCH3 is 3. The monoisotopic (exact) mass is 241 g/mol. The van der Waals surface area contributed by atoms with E-state index in [1.54, 1.807) is 21.3 Å². The van der Waals surface area contributed by atoms with Gasteiger partial charge < -0.3 is 19.0 Å². The first kappa shape index (κ1) is 13.6. The van der Waals surface area contributed by atoms with Gasteiger partial charge in [-0.3, -0.25) is 0 Å². The van der Waals surface area contributed by atoms with E-state index in [0.717, 1.165) is 5.56 Å². The molecule has 0 saturated heterocycles. The molecule has 0 aliphatic heterocycles. The second-order valence-corrected chi connectivity index (χ2v) is 3.29. The molecule has 1 rings (SSSR count). The van der Waals surface area contributed by atoms with Crippen LogP contribution in [-0.2, 0) is 11.4 Å². The zero-order valence-electron chi connectivity index (χ0n) is 10.7. The third kappa shape index (κ3) is 3.51. The zero-order valence-corrected chi connectivity index (χ0v) is 10.7. The Morgan fingerprint density at radius 3 is 2.00 bits per heavy atom. The van der Waals surface area contributed by atoms with Crippen molar-refractivity contribution in [1.82, 2.24) is 5.48 Å². The summed E-state index contributed by atoms with van der Waals surface area (Å²) in [5, 5.41) is 0. The number of ether oxygens (including phenoxy) is 3. The van der Waals surface area contributed by atoms with Crippen LogP contribution in [0.3, 0.4) is 0 Å². The molecule has 0 aliphatic rings. The molecule has 0 heterocycles. The average molecular weight is 241 g/mol. The van der Waals surface area contributed by atoms with Crippen LogP contribution in [0.5, 0.6) is 17.2 Å². The molecule has 17 heavy (non-hydrogen) atoms. The Morgan fingerprint density at radius 1 is 1.00 bits per heavy atom. The lowest BCUT2D eigenvalue weighted by atomic mass is 10.2. The van der Waals surface area contributed by atoms with Gasteiger partial charge in [-0.25, -0.2) is 0 Å². The van der Waals surface area contributed by atoms with E-state index in [4.69, 9.17) is 19.0 Å². The Labute approximate surface area is 102 Å². The number of rotatable bonds is 7. The van der Waals surface area contributed by atoms with E-state index >= 15 is 0 Å². The fourth-order valence-corrected chi connectivity index (χ4v) is 1.47. The lowest BCUT2D eigenvalue weighted by Gasteiger charge is -2.14. The summed E-state index contributed by atoms with van der Waals surface area (Å²) in [6.07, 6.45) is 0. The van der Waals surface area contributed by atoms with E-state index in [9.17, 15) is 0 Å². The number of hydrogen-bond acceptors (Lipinski definition) is 5. The minimum atomic E-state index is 0.574. The Balaban J connectivity index is 2.92. The van der Waals surface area contributed by atoms with Crippen molar-refractivity contribution in [3.8, 4) is 17.2 Å². The Bertz CT molecular complexity index is 329. The van der Waals surface area contributed by atoms with Crippen LogP contribution >= 0.6 is 0 Å². The van der Waals surface area contributed by atoms with Gasteiger partial charge in [0.25, 0.3) is 0 Å². The van der Waals surface area contributed by atoms with E-state index in [-0.39, 0.29) is 0 Å². The second-order valence-electron chi connectivity index (χ2n) is 3.29. The summed E-state index contributed by atoms with van der Waals surface area (Å²) in [6, 6.07) is 3.76. The maximum Gasteiger partial charge on any atom is 0.203 e. The molecule has 0 amide bonds. The molecule has 1 aromatic carbocycles. The summed E-state index contributed by atoms with van der Waals surface area (Å²) in [6.45, 7) is 3.11. The number of nitrogens with one attached hydrogen (secondary N) is 1. The largest absolute Gasteiger partial charge is 0.493 e. The van der Waals surface area contributed by atoms with Crippen LogP contribution in [0.1, 0.15) is 12.5 Å². The van der Waals surface area contributed by atoms with Crippen LogP contribution in [-0.4, -0.2) is 27.9 Å². The molecule has 0 aromatic heterocycles. The molecule has 0 unspecified atom stereocenters. The highest BCUT2D eigenvalue weighted by Gasteiger charge is 2.12. The van der Waals surface area contributed by atoms with Crippen molar-refractivity contribution >= 4 is 0 Å². The van der Waals surface area contributed by atoms with Crippen LogP contribution in [0.25, 0.3) is 0 Å². The molecule has 5 heteroatoms. The van der Waals surface area contributed by atoms with Gasteiger partial charge in [-0.05, 0) is 24.6 Å². The third-order valence-electron chi connectivity index (χ3n) is 2.25. The lowest BCUT2D eigenvalue weighted by molar-refractivity contribution is 0.0462. The van der Waals surface area contributed by atoms with Crippen molar-refractivity contribution in [3.05, 3.63) is 17.7 Å². The normalized spacial score (nSPS) is 10.1. The second kappa shape index (κ2) is 6.98. The highest BCUT2D eigenvalue weighted by molar-refractivity contribution is 5.53. The molecule has 1 N–H and O–H groups in total. The van der Waals surface area contributed by atoms with Crippen molar-refractivity contribution in [2.24, 2.45) is 0 Å². The Morgan fingerprint density at radius 2 is 1.59 bits per heavy atom. The molecule has 0 spiro atoms. The minimum absolute atomic E-state index is 0.574. The predicted molar refractivity (Wildman–Crippen MR) is 64.6 cm³/mol. The molecular weight excluding hydrogens is 222 g/mol. The molecule has 5 nitrogen and oxygen atoms in total. The van der Waals surface area contributed by atoms with Crippen molar-refractivity contribution < 1.29 is 19.0 Å². The van der Waals surface area contributed by atoms with Crippen molar-refractivity contribution in [3.63, 3.8) is 0 Å². The molecule has 96 valence electrons. The van der Waals surface area contributed by atoms with E-state index in [1.807, 2.05) is 19.1 Å². The van der Waals surface area contributed by atoms with E-state index in [1.165, 1.54) is 0 Å². The Kier molecular flexibility index (Phi) is 5.59. The summed E-state index contributed by atoms with van der Waals surface area (Å²) in [4.78, 5) is 5.08. The number of benzene rings is 1. The van der Waals surface area contributed by atoms with Gasteiger partial charge in [-0.2, -0.15) is 5.48 Å². The van der Waals surface area contributed by atoms with Gasteiger partial charge in [0, 0.05) is 6.54 Å². The van der Waals surface area contributed by atoms with Gasteiger partial charge in [0.15, 0.2) is 11.5 Å². The highest BCUT2D eigenvalue weighted by atomic mass is 16.6. The molecular formula is C12H19NO4. The predicted octanol–water partition coefficient (Wildman–Crippen LogP) is 1.75. The zero-order chi connectivity index (χ0) is 12.7. The molecule has 0 aliphatic carbocycles. The molecule has 0 saturated carbocycles. The van der Waals surface area contributed by atoms with E-state index in [0.29, 0.717) is 30.4 Å². The molecule has 0 bridgehead atoms. The number of hydroxylamine groups is 1. The SMILES string of the molecule is CCONCc1cc(OC)c(OC)c(OC)c1. The molecule has 1 aromatic rings. The maximum absolute atomic E-state index is 5.25. The van der Waals surface area contributed by atoms with Gasteiger partial charge in [0.2, 0.25) is 5.75 Å². The molecule has 0 atom stereocenters. The van der Waals surface area contributed by atoms with Gasteiger partial charge in [0.1, 0.15) is 0 Å². The summed E-state index contributed by atoms with van der Waals surface area (Å²) >= 11 is 0. The fourth-order valence-electron chi connectivity index (χ4n) is 1.47. The first-order valence-electron chi connectivity index (χ1n) is 5.40. The quantitative estimate of drug-likeness (QED) is 0.582. The van der Waals surface area contributed by atoms with Gasteiger partial charge in [-0.15, -0.1) is 0 Å². The lowest BCUT2D eigenvalue weighted by Crippen LogP contribution is -2.13. The standard InChI is InChI=1S/C12H19NO4/c1-5-17-13-8-9-6-10(14-2)12(16-4)11(7-9)15-3/h6-7,13H,5,8H2,1-4H3.